The number of carbonyl (C=O) groups excluding carboxylic acids is 1. The molecule has 0 aliphatic rings. The Morgan fingerprint density at radius 3 is 2.87 bits per heavy atom. The zero-order valence-corrected chi connectivity index (χ0v) is 14.4. The van der Waals surface area contributed by atoms with Crippen molar-refractivity contribution in [3.8, 4) is 0 Å². The summed E-state index contributed by atoms with van der Waals surface area (Å²) in [5.41, 5.74) is 0.788. The fourth-order valence-corrected chi connectivity index (χ4v) is 3.09. The van der Waals surface area contributed by atoms with Gasteiger partial charge in [-0.1, -0.05) is 23.9 Å². The van der Waals surface area contributed by atoms with Crippen LogP contribution in [-0.2, 0) is 11.3 Å². The molecule has 1 amide bonds. The van der Waals surface area contributed by atoms with Crippen molar-refractivity contribution in [2.75, 3.05) is 12.3 Å². The topological polar surface area (TPSA) is 51.0 Å². The predicted octanol–water partition coefficient (Wildman–Crippen LogP) is 3.14. The summed E-state index contributed by atoms with van der Waals surface area (Å²) < 4.78 is 15.2. The van der Waals surface area contributed by atoms with Gasteiger partial charge >= 0.3 is 0 Å². The molecule has 2 rings (SSSR count). The zero-order valence-electron chi connectivity index (χ0n) is 13.6. The maximum atomic E-state index is 13.3. The predicted molar refractivity (Wildman–Crippen MR) is 88.6 cm³/mol. The van der Waals surface area contributed by atoms with E-state index in [2.05, 4.69) is 10.2 Å². The number of thioether (sulfide) groups is 1. The first-order valence-corrected chi connectivity index (χ1v) is 8.54. The summed E-state index contributed by atoms with van der Waals surface area (Å²) in [5, 5.41) is 8.67. The number of hydrogen-bond acceptors (Lipinski definition) is 4. The number of amides is 1. The number of aromatic nitrogens is 3. The van der Waals surface area contributed by atoms with Gasteiger partial charge in [0, 0.05) is 19.1 Å². The molecule has 0 N–H and O–H groups in total. The van der Waals surface area contributed by atoms with Crippen LogP contribution < -0.4 is 0 Å². The lowest BCUT2D eigenvalue weighted by Gasteiger charge is -2.21. The van der Waals surface area contributed by atoms with Crippen LogP contribution in [-0.4, -0.2) is 37.9 Å². The minimum Gasteiger partial charge on any atom is -0.338 e. The van der Waals surface area contributed by atoms with Crippen LogP contribution >= 0.6 is 11.8 Å². The maximum Gasteiger partial charge on any atom is 0.233 e. The largest absolute Gasteiger partial charge is 0.338 e. The third-order valence-corrected chi connectivity index (χ3v) is 4.36. The molecule has 7 heteroatoms. The molecular formula is C16H21FN4OS. The second-order valence-corrected chi connectivity index (χ2v) is 6.38. The summed E-state index contributed by atoms with van der Waals surface area (Å²) in [5.74, 6) is -0.000314. The highest BCUT2D eigenvalue weighted by molar-refractivity contribution is 7.99. The summed E-state index contributed by atoms with van der Waals surface area (Å²) in [7, 11) is 0. The van der Waals surface area contributed by atoms with E-state index in [1.807, 2.05) is 31.4 Å². The van der Waals surface area contributed by atoms with Gasteiger partial charge in [0.2, 0.25) is 5.91 Å². The van der Waals surface area contributed by atoms with Crippen LogP contribution in [0.2, 0.25) is 0 Å². The van der Waals surface area contributed by atoms with Crippen molar-refractivity contribution in [3.05, 3.63) is 42.0 Å². The summed E-state index contributed by atoms with van der Waals surface area (Å²) in [6, 6.07) is 6.58. The zero-order chi connectivity index (χ0) is 16.8. The lowest BCUT2D eigenvalue weighted by molar-refractivity contribution is -0.128. The van der Waals surface area contributed by atoms with Gasteiger partial charge in [-0.05, 0) is 38.5 Å². The lowest BCUT2D eigenvalue weighted by Crippen LogP contribution is -2.31. The molecule has 1 aromatic heterocycles. The van der Waals surface area contributed by atoms with Crippen LogP contribution in [0.4, 0.5) is 4.39 Å². The van der Waals surface area contributed by atoms with E-state index in [-0.39, 0.29) is 23.5 Å². The molecule has 0 radical (unpaired) electrons. The van der Waals surface area contributed by atoms with Crippen LogP contribution in [0.3, 0.4) is 0 Å². The quantitative estimate of drug-likeness (QED) is 0.729. The molecule has 0 aliphatic carbocycles. The molecule has 5 nitrogen and oxygen atoms in total. The van der Waals surface area contributed by atoms with Gasteiger partial charge in [0.05, 0.1) is 5.75 Å². The van der Waals surface area contributed by atoms with Crippen LogP contribution in [0.25, 0.3) is 0 Å². The smallest absolute Gasteiger partial charge is 0.233 e. The second-order valence-electron chi connectivity index (χ2n) is 5.44. The van der Waals surface area contributed by atoms with Crippen molar-refractivity contribution in [2.24, 2.45) is 0 Å². The lowest BCUT2D eigenvalue weighted by atomic mass is 10.2. The van der Waals surface area contributed by atoms with E-state index < -0.39 is 0 Å². The van der Waals surface area contributed by atoms with Gasteiger partial charge in [-0.2, -0.15) is 0 Å². The van der Waals surface area contributed by atoms with E-state index >= 15 is 0 Å². The Kier molecular flexibility index (Phi) is 6.15. The first-order chi connectivity index (χ1) is 11.0. The molecule has 0 bridgehead atoms. The maximum absolute atomic E-state index is 13.3. The molecule has 0 aliphatic heterocycles. The molecule has 1 aromatic carbocycles. The standard InChI is InChI=1S/C16H21FN4OS/c1-4-20(9-13-6-5-7-14(17)8-13)15(22)10-23-16-19-18-11-21(16)12(2)3/h5-8,11-12H,4,9-10H2,1-3H3. The first kappa shape index (κ1) is 17.5. The molecule has 2 aromatic rings. The van der Waals surface area contributed by atoms with Gasteiger partial charge in [-0.25, -0.2) is 4.39 Å². The SMILES string of the molecule is CCN(Cc1cccc(F)c1)C(=O)CSc1nncn1C(C)C. The van der Waals surface area contributed by atoms with E-state index in [4.69, 9.17) is 0 Å². The monoisotopic (exact) mass is 336 g/mol. The molecule has 0 spiro atoms. The third kappa shape index (κ3) is 4.79. The molecule has 0 saturated heterocycles. The summed E-state index contributed by atoms with van der Waals surface area (Å²) in [6.07, 6.45) is 1.67. The highest BCUT2D eigenvalue weighted by atomic mass is 32.2. The normalized spacial score (nSPS) is 11.0. The third-order valence-electron chi connectivity index (χ3n) is 3.42. The van der Waals surface area contributed by atoms with Crippen molar-refractivity contribution in [3.63, 3.8) is 0 Å². The number of nitrogens with zero attached hydrogens (tertiary/aromatic N) is 4. The molecule has 0 unspecified atom stereocenters. The Bertz CT molecular complexity index is 659. The summed E-state index contributed by atoms with van der Waals surface area (Å²) in [4.78, 5) is 14.1. The first-order valence-electron chi connectivity index (χ1n) is 7.55. The van der Waals surface area contributed by atoms with E-state index in [9.17, 15) is 9.18 Å². The molecular weight excluding hydrogens is 315 g/mol. The average molecular weight is 336 g/mol. The summed E-state index contributed by atoms with van der Waals surface area (Å²) in [6.45, 7) is 6.98. The number of rotatable bonds is 7. The molecule has 0 saturated carbocycles. The van der Waals surface area contributed by atoms with Gasteiger partial charge in [-0.15, -0.1) is 10.2 Å². The minimum absolute atomic E-state index is 0.0000624. The Morgan fingerprint density at radius 1 is 1.43 bits per heavy atom. The fraction of sp³-hybridized carbons (Fsp3) is 0.438. The Hall–Kier alpha value is -1.89. The van der Waals surface area contributed by atoms with E-state index in [0.717, 1.165) is 10.7 Å². The van der Waals surface area contributed by atoms with Gasteiger partial charge in [0.25, 0.3) is 0 Å². The van der Waals surface area contributed by atoms with Crippen molar-refractivity contribution < 1.29 is 9.18 Å². The van der Waals surface area contributed by atoms with Crippen LogP contribution in [0.1, 0.15) is 32.4 Å². The van der Waals surface area contributed by atoms with Crippen LogP contribution in [0.15, 0.2) is 35.7 Å². The average Bonchev–Trinajstić information content (AvgIpc) is 2.99. The molecule has 124 valence electrons. The highest BCUT2D eigenvalue weighted by Gasteiger charge is 2.15. The van der Waals surface area contributed by atoms with Crippen molar-refractivity contribution in [1.82, 2.24) is 19.7 Å². The number of benzene rings is 1. The fourth-order valence-electron chi connectivity index (χ4n) is 2.14. The Balaban J connectivity index is 1.96. The Labute approximate surface area is 139 Å². The summed E-state index contributed by atoms with van der Waals surface area (Å²) >= 11 is 1.37. The minimum atomic E-state index is -0.287. The van der Waals surface area contributed by atoms with Gasteiger partial charge in [-0.3, -0.25) is 4.79 Å². The van der Waals surface area contributed by atoms with Gasteiger partial charge < -0.3 is 9.47 Å². The molecule has 1 heterocycles. The number of hydrogen-bond donors (Lipinski definition) is 0. The molecule has 23 heavy (non-hydrogen) atoms. The van der Waals surface area contributed by atoms with E-state index in [1.165, 1.54) is 23.9 Å². The van der Waals surface area contributed by atoms with Crippen molar-refractivity contribution in [2.45, 2.75) is 38.5 Å². The number of carbonyl (C=O) groups is 1. The highest BCUT2D eigenvalue weighted by Crippen LogP contribution is 2.19. The van der Waals surface area contributed by atoms with E-state index in [1.54, 1.807) is 17.3 Å². The van der Waals surface area contributed by atoms with Crippen LogP contribution in [0.5, 0.6) is 0 Å². The van der Waals surface area contributed by atoms with Gasteiger partial charge in [0.15, 0.2) is 5.16 Å². The van der Waals surface area contributed by atoms with Gasteiger partial charge in [0.1, 0.15) is 12.1 Å². The molecule has 0 atom stereocenters. The van der Waals surface area contributed by atoms with E-state index in [0.29, 0.717) is 13.1 Å². The number of halogens is 1. The second kappa shape index (κ2) is 8.10. The Morgan fingerprint density at radius 2 is 2.22 bits per heavy atom. The molecule has 0 fully saturated rings. The van der Waals surface area contributed by atoms with Crippen molar-refractivity contribution in [1.29, 1.82) is 0 Å². The van der Waals surface area contributed by atoms with Crippen molar-refractivity contribution >= 4 is 17.7 Å². The van der Waals surface area contributed by atoms with Crippen LogP contribution in [0, 0.1) is 5.82 Å².